The summed E-state index contributed by atoms with van der Waals surface area (Å²) in [4.78, 5) is 24.6. The minimum Gasteiger partial charge on any atom is -0.466 e. The van der Waals surface area contributed by atoms with Crippen LogP contribution in [0.25, 0.3) is 0 Å². The highest BCUT2D eigenvalue weighted by Gasteiger charge is 2.18. The Morgan fingerprint density at radius 1 is 0.391 bits per heavy atom. The molecular formula is C63H121NO5. The van der Waals surface area contributed by atoms with Crippen LogP contribution in [0.15, 0.2) is 24.3 Å². The van der Waals surface area contributed by atoms with Crippen LogP contribution in [0.4, 0.5) is 0 Å². The fraction of sp³-hybridized carbons (Fsp3) is 0.905. The molecule has 0 aliphatic carbocycles. The van der Waals surface area contributed by atoms with Crippen LogP contribution in [0.5, 0.6) is 0 Å². The van der Waals surface area contributed by atoms with Crippen molar-refractivity contribution in [3.63, 3.8) is 0 Å². The van der Waals surface area contributed by atoms with Crippen molar-refractivity contribution in [3.05, 3.63) is 24.3 Å². The molecule has 0 spiro atoms. The molecule has 0 aromatic carbocycles. The van der Waals surface area contributed by atoms with Gasteiger partial charge in [0.25, 0.3) is 0 Å². The van der Waals surface area contributed by atoms with Crippen molar-refractivity contribution < 1.29 is 24.5 Å². The maximum atomic E-state index is 12.5. The summed E-state index contributed by atoms with van der Waals surface area (Å²) in [6.45, 7) is 4.89. The molecule has 0 saturated heterocycles. The molecule has 0 bridgehead atoms. The molecule has 0 aliphatic heterocycles. The third kappa shape index (κ3) is 55.5. The lowest BCUT2D eigenvalue weighted by molar-refractivity contribution is -0.143. The number of hydrogen-bond acceptors (Lipinski definition) is 5. The summed E-state index contributed by atoms with van der Waals surface area (Å²) in [5, 5.41) is 23.2. The Morgan fingerprint density at radius 3 is 1.03 bits per heavy atom. The zero-order valence-corrected chi connectivity index (χ0v) is 46.6. The lowest BCUT2D eigenvalue weighted by atomic mass is 10.0. The lowest BCUT2D eigenvalue weighted by Gasteiger charge is -2.20. The first kappa shape index (κ1) is 67.3. The fourth-order valence-electron chi connectivity index (χ4n) is 9.69. The Bertz CT molecular complexity index is 1080. The average Bonchev–Trinajstić information content (AvgIpc) is 3.35. The van der Waals surface area contributed by atoms with E-state index in [1.807, 2.05) is 6.08 Å². The first-order chi connectivity index (χ1) is 34.0. The number of esters is 1. The van der Waals surface area contributed by atoms with Gasteiger partial charge in [0, 0.05) is 12.8 Å². The Hall–Kier alpha value is -1.66. The van der Waals surface area contributed by atoms with Crippen LogP contribution < -0.4 is 5.32 Å². The second-order valence-electron chi connectivity index (χ2n) is 21.4. The summed E-state index contributed by atoms with van der Waals surface area (Å²) < 4.78 is 5.47. The Labute approximate surface area is 431 Å². The number of ether oxygens (including phenoxy) is 1. The van der Waals surface area contributed by atoms with Gasteiger partial charge in [-0.2, -0.15) is 0 Å². The van der Waals surface area contributed by atoms with E-state index in [1.165, 1.54) is 257 Å². The highest BCUT2D eigenvalue weighted by molar-refractivity contribution is 5.76. The molecule has 0 aromatic heterocycles. The van der Waals surface area contributed by atoms with E-state index in [0.29, 0.717) is 19.4 Å². The molecular weight excluding hydrogens is 851 g/mol. The van der Waals surface area contributed by atoms with Gasteiger partial charge in [0.2, 0.25) is 5.91 Å². The highest BCUT2D eigenvalue weighted by Crippen LogP contribution is 2.17. The summed E-state index contributed by atoms with van der Waals surface area (Å²) >= 11 is 0. The van der Waals surface area contributed by atoms with E-state index in [1.54, 1.807) is 6.08 Å². The zero-order chi connectivity index (χ0) is 50.0. The van der Waals surface area contributed by atoms with Crippen LogP contribution >= 0.6 is 0 Å². The number of carbonyl (C=O) groups is 2. The molecule has 0 saturated carbocycles. The molecule has 1 amide bonds. The molecule has 0 aliphatic rings. The third-order valence-electron chi connectivity index (χ3n) is 14.5. The number of allylic oxidation sites excluding steroid dienone is 3. The Morgan fingerprint density at radius 2 is 0.681 bits per heavy atom. The predicted molar refractivity (Wildman–Crippen MR) is 301 cm³/mol. The second kappa shape index (κ2) is 58.9. The topological polar surface area (TPSA) is 95.9 Å². The maximum absolute atomic E-state index is 12.5. The Kier molecular flexibility index (Phi) is 57.5. The van der Waals surface area contributed by atoms with E-state index in [9.17, 15) is 19.8 Å². The molecule has 3 N–H and O–H groups in total. The number of aliphatic hydroxyl groups excluding tert-OH is 2. The number of hydrogen-bond donors (Lipinski definition) is 3. The van der Waals surface area contributed by atoms with Gasteiger partial charge < -0.3 is 20.3 Å². The van der Waals surface area contributed by atoms with E-state index in [4.69, 9.17) is 4.74 Å². The number of unbranched alkanes of at least 4 members (excludes halogenated alkanes) is 45. The van der Waals surface area contributed by atoms with E-state index in [0.717, 1.165) is 57.8 Å². The van der Waals surface area contributed by atoms with Crippen LogP contribution in [0.1, 0.15) is 341 Å². The highest BCUT2D eigenvalue weighted by atomic mass is 16.5. The first-order valence-corrected chi connectivity index (χ1v) is 31.1. The van der Waals surface area contributed by atoms with Crippen LogP contribution in [0.2, 0.25) is 0 Å². The number of carbonyl (C=O) groups excluding carboxylic acids is 2. The van der Waals surface area contributed by atoms with Gasteiger partial charge in [-0.05, 0) is 57.8 Å². The van der Waals surface area contributed by atoms with E-state index < -0.39 is 12.1 Å². The van der Waals surface area contributed by atoms with Gasteiger partial charge in [-0.25, -0.2) is 0 Å². The monoisotopic (exact) mass is 972 g/mol. The number of rotatable bonds is 58. The van der Waals surface area contributed by atoms with Crippen molar-refractivity contribution in [1.29, 1.82) is 0 Å². The largest absolute Gasteiger partial charge is 0.466 e. The fourth-order valence-corrected chi connectivity index (χ4v) is 9.69. The number of aliphatic hydroxyl groups is 2. The minimum absolute atomic E-state index is 0.0173. The summed E-state index contributed by atoms with van der Waals surface area (Å²) in [5.74, 6) is -0.0977. The summed E-state index contributed by atoms with van der Waals surface area (Å²) in [7, 11) is 0. The van der Waals surface area contributed by atoms with Crippen LogP contribution in [0, 0.1) is 0 Å². The molecule has 0 heterocycles. The molecule has 0 fully saturated rings. The van der Waals surface area contributed by atoms with Crippen molar-refractivity contribution in [1.82, 2.24) is 5.32 Å². The quantitative estimate of drug-likeness (QED) is 0.0321. The predicted octanol–water partition coefficient (Wildman–Crippen LogP) is 19.4. The summed E-state index contributed by atoms with van der Waals surface area (Å²) in [5.41, 5.74) is 0. The van der Waals surface area contributed by atoms with Gasteiger partial charge in [0.05, 0.1) is 25.4 Å². The first-order valence-electron chi connectivity index (χ1n) is 31.1. The summed E-state index contributed by atoms with van der Waals surface area (Å²) in [6.07, 6.45) is 72.1. The van der Waals surface area contributed by atoms with Crippen molar-refractivity contribution in [3.8, 4) is 0 Å². The maximum Gasteiger partial charge on any atom is 0.305 e. The zero-order valence-electron chi connectivity index (χ0n) is 46.6. The minimum atomic E-state index is -0.856. The molecule has 0 rings (SSSR count). The van der Waals surface area contributed by atoms with Crippen molar-refractivity contribution in [2.24, 2.45) is 0 Å². The molecule has 2 atom stereocenters. The molecule has 2 unspecified atom stereocenters. The van der Waals surface area contributed by atoms with Crippen molar-refractivity contribution in [2.75, 3.05) is 13.2 Å². The van der Waals surface area contributed by atoms with Gasteiger partial charge in [-0.1, -0.05) is 295 Å². The van der Waals surface area contributed by atoms with Crippen LogP contribution in [-0.4, -0.2) is 47.4 Å². The van der Waals surface area contributed by atoms with Crippen LogP contribution in [0.3, 0.4) is 0 Å². The van der Waals surface area contributed by atoms with Gasteiger partial charge in [0.15, 0.2) is 0 Å². The summed E-state index contributed by atoms with van der Waals surface area (Å²) in [6, 6.07) is -0.641. The number of nitrogens with one attached hydrogen (secondary N) is 1. The molecule has 0 radical (unpaired) electrons. The van der Waals surface area contributed by atoms with Gasteiger partial charge in [0.1, 0.15) is 0 Å². The standard InChI is InChI=1S/C63H121NO5/c1-3-5-7-9-11-13-15-17-19-21-22-23-24-25-26-27-28-29-31-35-39-43-47-51-55-61(66)60(59-65)64-62(67)56-52-48-44-40-36-33-34-38-42-46-50-54-58-69-63(68)57-53-49-45-41-37-32-30-20-18-16-14-12-10-8-6-4-2/h20,30,51,55,60-61,65-66H,3-19,21-29,31-50,52-54,56-59H2,1-2H3,(H,64,67)/b30-20-,55-51+. The normalized spacial score (nSPS) is 12.7. The van der Waals surface area contributed by atoms with Crippen molar-refractivity contribution >= 4 is 11.9 Å². The van der Waals surface area contributed by atoms with Gasteiger partial charge >= 0.3 is 5.97 Å². The SMILES string of the molecule is CCCCCCCCC/C=C\CCCCCCCC(=O)OCCCCCCCCCCCCCCC(=O)NC(CO)C(O)/C=C/CCCCCCCCCCCCCCCCCCCCCCCC. The second-order valence-corrected chi connectivity index (χ2v) is 21.4. The molecule has 6 heteroatoms. The number of amides is 1. The van der Waals surface area contributed by atoms with Crippen molar-refractivity contribution in [2.45, 2.75) is 353 Å². The average molecular weight is 973 g/mol. The molecule has 0 aromatic rings. The lowest BCUT2D eigenvalue weighted by Crippen LogP contribution is -2.45. The molecule has 408 valence electrons. The molecule has 6 nitrogen and oxygen atoms in total. The third-order valence-corrected chi connectivity index (χ3v) is 14.5. The van der Waals surface area contributed by atoms with E-state index in [-0.39, 0.29) is 18.5 Å². The van der Waals surface area contributed by atoms with Gasteiger partial charge in [-0.3, -0.25) is 9.59 Å². The Balaban J connectivity index is 3.48. The van der Waals surface area contributed by atoms with E-state index in [2.05, 4.69) is 31.3 Å². The van der Waals surface area contributed by atoms with E-state index >= 15 is 0 Å². The smallest absolute Gasteiger partial charge is 0.305 e. The molecule has 69 heavy (non-hydrogen) atoms. The van der Waals surface area contributed by atoms with Gasteiger partial charge in [-0.15, -0.1) is 0 Å². The van der Waals surface area contributed by atoms with Crippen LogP contribution in [-0.2, 0) is 14.3 Å².